The predicted octanol–water partition coefficient (Wildman–Crippen LogP) is 0.274. The average Bonchev–Trinajstić information content (AvgIpc) is 2.00. The Morgan fingerprint density at radius 3 is 2.62 bits per heavy atom. The van der Waals surface area contributed by atoms with Crippen LogP contribution in [-0.4, -0.2) is 41.7 Å². The van der Waals surface area contributed by atoms with Crippen LogP contribution in [-0.2, 0) is 4.79 Å². The fourth-order valence-electron chi connectivity index (χ4n) is 1.43. The van der Waals surface area contributed by atoms with E-state index in [0.717, 1.165) is 19.4 Å². The molecule has 0 radical (unpaired) electrons. The molecule has 1 atom stereocenters. The number of unbranched alkanes of at least 4 members (excludes halogenated alkanes) is 1. The summed E-state index contributed by atoms with van der Waals surface area (Å²) >= 11 is 0. The van der Waals surface area contributed by atoms with E-state index in [-0.39, 0.29) is 0 Å². The second-order valence-corrected chi connectivity index (χ2v) is 3.64. The summed E-state index contributed by atoms with van der Waals surface area (Å²) in [4.78, 5) is 12.7. The Labute approximate surface area is 78.7 Å². The zero-order valence-electron chi connectivity index (χ0n) is 7.91. The van der Waals surface area contributed by atoms with Crippen LogP contribution in [0.25, 0.3) is 0 Å². The van der Waals surface area contributed by atoms with Crippen molar-refractivity contribution in [3.05, 3.63) is 0 Å². The number of likely N-dealkylation sites (tertiary alicyclic amines) is 1. The Morgan fingerprint density at radius 2 is 2.15 bits per heavy atom. The Kier molecular flexibility index (Phi) is 4.18. The van der Waals surface area contributed by atoms with Crippen LogP contribution < -0.4 is 5.73 Å². The van der Waals surface area contributed by atoms with Gasteiger partial charge in [0, 0.05) is 0 Å². The maximum Gasteiger partial charge on any atom is 0.320 e. The zero-order valence-corrected chi connectivity index (χ0v) is 7.91. The maximum absolute atomic E-state index is 10.4. The summed E-state index contributed by atoms with van der Waals surface area (Å²) in [6, 6.07) is -0.670. The van der Waals surface area contributed by atoms with Gasteiger partial charge in [-0.1, -0.05) is 6.42 Å². The van der Waals surface area contributed by atoms with E-state index in [2.05, 4.69) is 4.90 Å². The summed E-state index contributed by atoms with van der Waals surface area (Å²) in [5.74, 6) is -0.885. The van der Waals surface area contributed by atoms with Gasteiger partial charge in [0.2, 0.25) is 0 Å². The molecular weight excluding hydrogens is 168 g/mol. The Morgan fingerprint density at radius 1 is 1.46 bits per heavy atom. The van der Waals surface area contributed by atoms with Crippen LogP contribution in [0.2, 0.25) is 0 Å². The highest BCUT2D eigenvalue weighted by atomic mass is 16.4. The van der Waals surface area contributed by atoms with Crippen LogP contribution in [0.15, 0.2) is 0 Å². The third-order valence-corrected chi connectivity index (χ3v) is 2.51. The molecule has 13 heavy (non-hydrogen) atoms. The van der Waals surface area contributed by atoms with Crippen LogP contribution in [0.5, 0.6) is 0 Å². The zero-order chi connectivity index (χ0) is 9.68. The molecule has 0 aromatic heterocycles. The quantitative estimate of drug-likeness (QED) is 0.584. The van der Waals surface area contributed by atoms with E-state index < -0.39 is 12.0 Å². The lowest BCUT2D eigenvalue weighted by atomic mass is 10.1. The highest BCUT2D eigenvalue weighted by Crippen LogP contribution is 2.08. The van der Waals surface area contributed by atoms with Crippen molar-refractivity contribution < 1.29 is 9.90 Å². The molecule has 0 spiro atoms. The smallest absolute Gasteiger partial charge is 0.320 e. The van der Waals surface area contributed by atoms with E-state index in [1.807, 2.05) is 0 Å². The molecule has 0 aromatic carbocycles. The standard InChI is InChI=1S/C9H18N2O2/c10-8(9(12)13)4-1-2-5-11-6-3-7-11/h8H,1-7,10H2,(H,12,13)/t8-/m0/s1. The van der Waals surface area contributed by atoms with E-state index in [1.165, 1.54) is 19.5 Å². The summed E-state index contributed by atoms with van der Waals surface area (Å²) in [5, 5.41) is 8.51. The molecule has 0 aliphatic carbocycles. The Bertz CT molecular complexity index is 169. The summed E-state index contributed by atoms with van der Waals surface area (Å²) < 4.78 is 0. The van der Waals surface area contributed by atoms with Crippen LogP contribution >= 0.6 is 0 Å². The van der Waals surface area contributed by atoms with Crippen molar-refractivity contribution in [2.24, 2.45) is 5.73 Å². The van der Waals surface area contributed by atoms with Crippen LogP contribution in [0, 0.1) is 0 Å². The molecule has 1 aliphatic rings. The minimum absolute atomic E-state index is 0.600. The molecule has 4 nitrogen and oxygen atoms in total. The largest absolute Gasteiger partial charge is 0.480 e. The van der Waals surface area contributed by atoms with Gasteiger partial charge in [0.25, 0.3) is 0 Å². The van der Waals surface area contributed by atoms with Gasteiger partial charge in [0.15, 0.2) is 0 Å². The lowest BCUT2D eigenvalue weighted by molar-refractivity contribution is -0.138. The summed E-state index contributed by atoms with van der Waals surface area (Å²) in [7, 11) is 0. The van der Waals surface area contributed by atoms with Gasteiger partial charge < -0.3 is 15.7 Å². The molecule has 1 fully saturated rings. The summed E-state index contributed by atoms with van der Waals surface area (Å²) in [6.45, 7) is 3.53. The molecule has 1 rings (SSSR count). The first-order valence-electron chi connectivity index (χ1n) is 4.91. The number of aliphatic carboxylic acids is 1. The highest BCUT2D eigenvalue weighted by Gasteiger charge is 2.14. The fourth-order valence-corrected chi connectivity index (χ4v) is 1.43. The monoisotopic (exact) mass is 186 g/mol. The lowest BCUT2D eigenvalue weighted by Gasteiger charge is -2.30. The van der Waals surface area contributed by atoms with Crippen molar-refractivity contribution in [2.75, 3.05) is 19.6 Å². The number of carbonyl (C=O) groups is 1. The van der Waals surface area contributed by atoms with Gasteiger partial charge >= 0.3 is 5.97 Å². The number of carboxylic acid groups (broad SMARTS) is 1. The fraction of sp³-hybridized carbons (Fsp3) is 0.889. The molecule has 0 aromatic rings. The van der Waals surface area contributed by atoms with Crippen molar-refractivity contribution >= 4 is 5.97 Å². The van der Waals surface area contributed by atoms with E-state index in [9.17, 15) is 4.79 Å². The molecular formula is C9H18N2O2. The van der Waals surface area contributed by atoms with Gasteiger partial charge in [-0.25, -0.2) is 0 Å². The molecule has 76 valence electrons. The van der Waals surface area contributed by atoms with Gasteiger partial charge in [-0.05, 0) is 38.9 Å². The number of rotatable bonds is 6. The molecule has 3 N–H and O–H groups in total. The van der Waals surface area contributed by atoms with E-state index in [0.29, 0.717) is 6.42 Å². The van der Waals surface area contributed by atoms with Crippen LogP contribution in [0.1, 0.15) is 25.7 Å². The highest BCUT2D eigenvalue weighted by molar-refractivity contribution is 5.72. The number of nitrogens with two attached hydrogens (primary N) is 1. The van der Waals surface area contributed by atoms with E-state index in [1.54, 1.807) is 0 Å². The van der Waals surface area contributed by atoms with Crippen LogP contribution in [0.3, 0.4) is 0 Å². The van der Waals surface area contributed by atoms with Crippen molar-refractivity contribution in [1.29, 1.82) is 0 Å². The summed E-state index contributed by atoms with van der Waals surface area (Å²) in [5.41, 5.74) is 5.37. The second-order valence-electron chi connectivity index (χ2n) is 3.64. The first-order valence-corrected chi connectivity index (χ1v) is 4.91. The average molecular weight is 186 g/mol. The number of hydrogen-bond donors (Lipinski definition) is 2. The molecule has 0 amide bonds. The molecule has 0 unspecified atom stereocenters. The van der Waals surface area contributed by atoms with Crippen molar-refractivity contribution in [2.45, 2.75) is 31.7 Å². The van der Waals surface area contributed by atoms with Gasteiger partial charge in [0.05, 0.1) is 0 Å². The van der Waals surface area contributed by atoms with Gasteiger partial charge in [0.1, 0.15) is 6.04 Å². The number of hydrogen-bond acceptors (Lipinski definition) is 3. The molecule has 1 aliphatic heterocycles. The first-order chi connectivity index (χ1) is 6.20. The van der Waals surface area contributed by atoms with Crippen molar-refractivity contribution in [3.8, 4) is 0 Å². The molecule has 0 bridgehead atoms. The first kappa shape index (κ1) is 10.5. The summed E-state index contributed by atoms with van der Waals surface area (Å²) in [6.07, 6.45) is 3.91. The lowest BCUT2D eigenvalue weighted by Crippen LogP contribution is -2.37. The molecule has 4 heteroatoms. The third-order valence-electron chi connectivity index (χ3n) is 2.51. The predicted molar refractivity (Wildman–Crippen MR) is 50.5 cm³/mol. The van der Waals surface area contributed by atoms with Crippen molar-refractivity contribution in [3.63, 3.8) is 0 Å². The normalized spacial score (nSPS) is 19.5. The van der Waals surface area contributed by atoms with Crippen LogP contribution in [0.4, 0.5) is 0 Å². The molecule has 0 saturated carbocycles. The van der Waals surface area contributed by atoms with Gasteiger partial charge in [-0.3, -0.25) is 4.79 Å². The van der Waals surface area contributed by atoms with E-state index in [4.69, 9.17) is 10.8 Å². The van der Waals surface area contributed by atoms with E-state index >= 15 is 0 Å². The van der Waals surface area contributed by atoms with Gasteiger partial charge in [-0.2, -0.15) is 0 Å². The molecule has 1 saturated heterocycles. The number of nitrogens with zero attached hydrogens (tertiary/aromatic N) is 1. The third kappa shape index (κ3) is 3.74. The topological polar surface area (TPSA) is 66.6 Å². The SMILES string of the molecule is N[C@@H](CCCCN1CCC1)C(=O)O. The van der Waals surface area contributed by atoms with Crippen molar-refractivity contribution in [1.82, 2.24) is 4.90 Å². The maximum atomic E-state index is 10.4. The Hall–Kier alpha value is -0.610. The van der Waals surface area contributed by atoms with Gasteiger partial charge in [-0.15, -0.1) is 0 Å². The second kappa shape index (κ2) is 5.19. The minimum Gasteiger partial charge on any atom is -0.480 e. The molecule has 1 heterocycles. The minimum atomic E-state index is -0.885. The number of carboxylic acids is 1. The Balaban J connectivity index is 1.90.